The Bertz CT molecular complexity index is 675. The molecule has 0 aliphatic heterocycles. The molecular weight excluding hydrogens is 246 g/mol. The van der Waals surface area contributed by atoms with E-state index in [1.54, 1.807) is 31.4 Å². The summed E-state index contributed by atoms with van der Waals surface area (Å²) in [4.78, 5) is 23.2. The third-order valence-corrected chi connectivity index (χ3v) is 3.09. The topological polar surface area (TPSA) is 68.5 Å². The van der Waals surface area contributed by atoms with Crippen LogP contribution in [0.25, 0.3) is 10.9 Å². The number of aromatic carboxylic acids is 1. The van der Waals surface area contributed by atoms with Crippen LogP contribution in [0.4, 0.5) is 0 Å². The molecule has 1 aromatic heterocycles. The van der Waals surface area contributed by atoms with Gasteiger partial charge in [0, 0.05) is 18.6 Å². The fourth-order valence-corrected chi connectivity index (χ4v) is 2.03. The zero-order valence-corrected chi connectivity index (χ0v) is 10.8. The van der Waals surface area contributed by atoms with Crippen molar-refractivity contribution in [1.82, 2.24) is 4.57 Å². The number of methoxy groups -OCH3 is 1. The van der Waals surface area contributed by atoms with Crippen molar-refractivity contribution in [1.29, 1.82) is 0 Å². The number of nitrogens with zero attached hydrogens (tertiary/aromatic N) is 1. The number of para-hydroxylation sites is 1. The largest absolute Gasteiger partial charge is 0.478 e. The van der Waals surface area contributed by atoms with Gasteiger partial charge in [0.05, 0.1) is 23.7 Å². The van der Waals surface area contributed by atoms with Crippen LogP contribution in [0.3, 0.4) is 0 Å². The predicted octanol–water partition coefficient (Wildman–Crippen LogP) is 1.73. The van der Waals surface area contributed by atoms with Gasteiger partial charge in [0.2, 0.25) is 0 Å². The highest BCUT2D eigenvalue weighted by molar-refractivity contribution is 6.02. The summed E-state index contributed by atoms with van der Waals surface area (Å²) in [5.74, 6) is -1.10. The van der Waals surface area contributed by atoms with Crippen LogP contribution in [-0.2, 0) is 11.3 Å². The van der Waals surface area contributed by atoms with Gasteiger partial charge in [-0.15, -0.1) is 0 Å². The molecule has 0 aliphatic carbocycles. The molecule has 1 N–H and O–H groups in total. The highest BCUT2D eigenvalue weighted by atomic mass is 16.5. The molecule has 2 rings (SSSR count). The normalized spacial score (nSPS) is 12.5. The van der Waals surface area contributed by atoms with Crippen LogP contribution in [0.1, 0.15) is 17.3 Å². The van der Waals surface area contributed by atoms with Crippen LogP contribution in [0, 0.1) is 0 Å². The van der Waals surface area contributed by atoms with Crippen LogP contribution in [0.15, 0.2) is 35.1 Å². The summed E-state index contributed by atoms with van der Waals surface area (Å²) in [6.07, 6.45) is -0.128. The summed E-state index contributed by atoms with van der Waals surface area (Å²) < 4.78 is 6.70. The predicted molar refractivity (Wildman–Crippen MR) is 71.6 cm³/mol. The van der Waals surface area contributed by atoms with Gasteiger partial charge in [-0.3, -0.25) is 4.79 Å². The van der Waals surface area contributed by atoms with Gasteiger partial charge in [-0.1, -0.05) is 18.2 Å². The Kier molecular flexibility index (Phi) is 3.66. The molecule has 100 valence electrons. The molecule has 0 amide bonds. The summed E-state index contributed by atoms with van der Waals surface area (Å²) in [5.41, 5.74) is 0.304. The van der Waals surface area contributed by atoms with Gasteiger partial charge in [0.25, 0.3) is 5.56 Å². The Hall–Kier alpha value is -2.14. The quantitative estimate of drug-likeness (QED) is 0.910. The number of benzene rings is 1. The second-order valence-corrected chi connectivity index (χ2v) is 4.38. The molecule has 1 aromatic carbocycles. The van der Waals surface area contributed by atoms with E-state index in [1.807, 2.05) is 6.92 Å². The molecule has 0 spiro atoms. The zero-order chi connectivity index (χ0) is 14.0. The average molecular weight is 261 g/mol. The smallest absolute Gasteiger partial charge is 0.336 e. The molecule has 5 nitrogen and oxygen atoms in total. The average Bonchev–Trinajstić information content (AvgIpc) is 2.41. The number of carboxylic acid groups (broad SMARTS) is 1. The SMILES string of the molecule is COC(C)Cn1c(=O)cc(C(=O)O)c2ccccc21. The summed E-state index contributed by atoms with van der Waals surface area (Å²) in [7, 11) is 1.57. The molecular formula is C14H15NO4. The van der Waals surface area contributed by atoms with E-state index in [2.05, 4.69) is 0 Å². The zero-order valence-electron chi connectivity index (χ0n) is 10.8. The van der Waals surface area contributed by atoms with Crippen LogP contribution >= 0.6 is 0 Å². The van der Waals surface area contributed by atoms with E-state index < -0.39 is 5.97 Å². The van der Waals surface area contributed by atoms with Crippen LogP contribution in [-0.4, -0.2) is 28.9 Å². The minimum Gasteiger partial charge on any atom is -0.478 e. The van der Waals surface area contributed by atoms with Gasteiger partial charge in [-0.25, -0.2) is 4.79 Å². The lowest BCUT2D eigenvalue weighted by Gasteiger charge is -2.15. The number of aromatic nitrogens is 1. The van der Waals surface area contributed by atoms with Crippen molar-refractivity contribution >= 4 is 16.9 Å². The van der Waals surface area contributed by atoms with Crippen molar-refractivity contribution < 1.29 is 14.6 Å². The molecule has 0 saturated carbocycles. The molecule has 19 heavy (non-hydrogen) atoms. The van der Waals surface area contributed by atoms with E-state index in [0.717, 1.165) is 6.07 Å². The van der Waals surface area contributed by atoms with Gasteiger partial charge < -0.3 is 14.4 Å². The van der Waals surface area contributed by atoms with E-state index in [-0.39, 0.29) is 17.2 Å². The molecule has 1 heterocycles. The first-order chi connectivity index (χ1) is 9.04. The van der Waals surface area contributed by atoms with Crippen molar-refractivity contribution in [3.63, 3.8) is 0 Å². The highest BCUT2D eigenvalue weighted by Gasteiger charge is 2.14. The molecule has 0 saturated heterocycles. The third-order valence-electron chi connectivity index (χ3n) is 3.09. The van der Waals surface area contributed by atoms with Crippen LogP contribution in [0.2, 0.25) is 0 Å². The molecule has 2 aromatic rings. The van der Waals surface area contributed by atoms with E-state index >= 15 is 0 Å². The van der Waals surface area contributed by atoms with Crippen molar-refractivity contribution in [2.75, 3.05) is 7.11 Å². The second-order valence-electron chi connectivity index (χ2n) is 4.38. The summed E-state index contributed by atoms with van der Waals surface area (Å²) in [6, 6.07) is 8.13. The number of pyridine rings is 1. The van der Waals surface area contributed by atoms with Crippen LogP contribution in [0.5, 0.6) is 0 Å². The molecule has 5 heteroatoms. The van der Waals surface area contributed by atoms with E-state index in [9.17, 15) is 9.59 Å². The third kappa shape index (κ3) is 2.51. The Morgan fingerprint density at radius 3 is 2.74 bits per heavy atom. The first-order valence-electron chi connectivity index (χ1n) is 5.93. The maximum absolute atomic E-state index is 12.1. The van der Waals surface area contributed by atoms with Gasteiger partial charge in [0.1, 0.15) is 0 Å². The fourth-order valence-electron chi connectivity index (χ4n) is 2.03. The molecule has 1 atom stereocenters. The number of carbonyl (C=O) groups is 1. The minimum absolute atomic E-state index is 0.0296. The molecule has 0 fully saturated rings. The summed E-state index contributed by atoms with van der Waals surface area (Å²) in [6.45, 7) is 2.24. The van der Waals surface area contributed by atoms with Crippen molar-refractivity contribution in [3.8, 4) is 0 Å². The lowest BCUT2D eigenvalue weighted by atomic mass is 10.1. The van der Waals surface area contributed by atoms with Crippen molar-refractivity contribution in [3.05, 3.63) is 46.2 Å². The molecule has 0 aliphatic rings. The number of hydrogen-bond acceptors (Lipinski definition) is 3. The number of rotatable bonds is 4. The standard InChI is InChI=1S/C14H15NO4/c1-9(19-2)8-15-12-6-4-3-5-10(12)11(14(17)18)7-13(15)16/h3-7,9H,8H2,1-2H3,(H,17,18). The Morgan fingerprint density at radius 1 is 1.42 bits per heavy atom. The second kappa shape index (κ2) is 5.24. The fraction of sp³-hybridized carbons (Fsp3) is 0.286. The Morgan fingerprint density at radius 2 is 2.11 bits per heavy atom. The lowest BCUT2D eigenvalue weighted by Crippen LogP contribution is -2.27. The maximum Gasteiger partial charge on any atom is 0.336 e. The highest BCUT2D eigenvalue weighted by Crippen LogP contribution is 2.17. The number of fused-ring (bicyclic) bond motifs is 1. The number of hydrogen-bond donors (Lipinski definition) is 1. The Balaban J connectivity index is 2.72. The Labute approximate surface area is 110 Å². The first kappa shape index (κ1) is 13.3. The maximum atomic E-state index is 12.1. The van der Waals surface area contributed by atoms with Crippen molar-refractivity contribution in [2.45, 2.75) is 19.6 Å². The summed E-state index contributed by atoms with van der Waals surface area (Å²) >= 11 is 0. The first-order valence-corrected chi connectivity index (χ1v) is 5.93. The van der Waals surface area contributed by atoms with Gasteiger partial charge >= 0.3 is 5.97 Å². The number of carboxylic acids is 1. The monoisotopic (exact) mass is 261 g/mol. The van der Waals surface area contributed by atoms with Gasteiger partial charge in [-0.2, -0.15) is 0 Å². The summed E-state index contributed by atoms with van der Waals surface area (Å²) in [5, 5.41) is 9.71. The van der Waals surface area contributed by atoms with Crippen molar-refractivity contribution in [2.24, 2.45) is 0 Å². The van der Waals surface area contributed by atoms with Gasteiger partial charge in [-0.05, 0) is 13.0 Å². The van der Waals surface area contributed by atoms with Crippen LogP contribution < -0.4 is 5.56 Å². The molecule has 1 unspecified atom stereocenters. The lowest BCUT2D eigenvalue weighted by molar-refractivity contribution is 0.0698. The van der Waals surface area contributed by atoms with Gasteiger partial charge in [0.15, 0.2) is 0 Å². The van der Waals surface area contributed by atoms with E-state index in [0.29, 0.717) is 17.4 Å². The number of ether oxygens (including phenoxy) is 1. The molecule has 0 bridgehead atoms. The molecule has 0 radical (unpaired) electrons. The van der Waals surface area contributed by atoms with E-state index in [4.69, 9.17) is 9.84 Å². The minimum atomic E-state index is -1.10. The van der Waals surface area contributed by atoms with E-state index in [1.165, 1.54) is 4.57 Å².